The van der Waals surface area contributed by atoms with Gasteiger partial charge in [0, 0.05) is 18.8 Å². The molecule has 2 atom stereocenters. The van der Waals surface area contributed by atoms with Crippen LogP contribution in [0.1, 0.15) is 39.5 Å². The molecule has 0 saturated heterocycles. The van der Waals surface area contributed by atoms with E-state index in [9.17, 15) is 14.4 Å². The summed E-state index contributed by atoms with van der Waals surface area (Å²) in [7, 11) is 0. The second-order valence-electron chi connectivity index (χ2n) is 4.60. The molecule has 0 spiro atoms. The fourth-order valence-corrected chi connectivity index (χ4v) is 1.88. The molecule has 1 amide bonds. The zero-order valence-corrected chi connectivity index (χ0v) is 13.3. The first-order valence-corrected chi connectivity index (χ1v) is 7.53. The maximum atomic E-state index is 11.9. The van der Waals surface area contributed by atoms with Crippen LogP contribution >= 0.6 is 12.6 Å². The molecule has 0 bridgehead atoms. The Bertz CT molecular complexity index is 384. The highest BCUT2D eigenvalue weighted by atomic mass is 32.1. The molecule has 0 aliphatic rings. The van der Waals surface area contributed by atoms with E-state index in [1.165, 1.54) is 13.0 Å². The van der Waals surface area contributed by atoms with Crippen LogP contribution < -0.4 is 5.32 Å². The van der Waals surface area contributed by atoms with Crippen LogP contribution in [0.25, 0.3) is 0 Å². The quantitative estimate of drug-likeness (QED) is 0.246. The van der Waals surface area contributed by atoms with Gasteiger partial charge in [0.15, 0.2) is 0 Å². The summed E-state index contributed by atoms with van der Waals surface area (Å²) in [5.74, 6) is -1.95. The molecule has 1 unspecified atom stereocenters. The minimum Gasteiger partial charge on any atom is -0.478 e. The van der Waals surface area contributed by atoms with Crippen LogP contribution in [-0.2, 0) is 19.1 Å². The molecule has 0 heterocycles. The lowest BCUT2D eigenvalue weighted by molar-refractivity contribution is -0.150. The van der Waals surface area contributed by atoms with Crippen LogP contribution in [0.5, 0.6) is 0 Å². The van der Waals surface area contributed by atoms with Crippen molar-refractivity contribution in [2.24, 2.45) is 0 Å². The molecule has 6 nitrogen and oxygen atoms in total. The van der Waals surface area contributed by atoms with Crippen molar-refractivity contribution in [2.45, 2.75) is 51.7 Å². The number of unbranched alkanes of at least 4 members (excludes halogenated alkanes) is 2. The van der Waals surface area contributed by atoms with E-state index in [-0.39, 0.29) is 11.7 Å². The van der Waals surface area contributed by atoms with Crippen LogP contribution in [0.2, 0.25) is 0 Å². The number of nitrogens with one attached hydrogen (secondary N) is 1. The Morgan fingerprint density at radius 3 is 2.48 bits per heavy atom. The molecule has 0 aromatic carbocycles. The van der Waals surface area contributed by atoms with E-state index < -0.39 is 24.1 Å². The summed E-state index contributed by atoms with van der Waals surface area (Å²) >= 11 is 3.99. The summed E-state index contributed by atoms with van der Waals surface area (Å²) in [5, 5.41) is 11.1. The second kappa shape index (κ2) is 11.2. The van der Waals surface area contributed by atoms with Crippen molar-refractivity contribution < 1.29 is 24.2 Å². The Morgan fingerprint density at radius 1 is 1.33 bits per heavy atom. The number of carbonyl (C=O) groups is 3. The lowest BCUT2D eigenvalue weighted by Crippen LogP contribution is -2.43. The number of carbonyl (C=O) groups excluding carboxylic acids is 2. The Balaban J connectivity index is 4.63. The second-order valence-corrected chi connectivity index (χ2v) is 4.97. The molecule has 120 valence electrons. The van der Waals surface area contributed by atoms with Crippen molar-refractivity contribution in [1.29, 1.82) is 0 Å². The van der Waals surface area contributed by atoms with Gasteiger partial charge in [0.05, 0.1) is 0 Å². The molecule has 0 aliphatic heterocycles. The summed E-state index contributed by atoms with van der Waals surface area (Å²) in [5.41, 5.74) is 0. The Kier molecular flexibility index (Phi) is 10.4. The van der Waals surface area contributed by atoms with Crippen LogP contribution in [0.4, 0.5) is 0 Å². The van der Waals surface area contributed by atoms with E-state index >= 15 is 0 Å². The number of amides is 1. The van der Waals surface area contributed by atoms with Gasteiger partial charge in [0.25, 0.3) is 0 Å². The van der Waals surface area contributed by atoms with E-state index in [1.807, 2.05) is 6.92 Å². The van der Waals surface area contributed by atoms with Gasteiger partial charge in [0.1, 0.15) is 12.1 Å². The number of ether oxygens (including phenoxy) is 1. The number of rotatable bonds is 10. The van der Waals surface area contributed by atoms with Gasteiger partial charge in [-0.15, -0.1) is 0 Å². The number of thiol groups is 1. The van der Waals surface area contributed by atoms with E-state index in [0.29, 0.717) is 6.42 Å². The lowest BCUT2D eigenvalue weighted by atomic mass is 10.1. The van der Waals surface area contributed by atoms with Crippen molar-refractivity contribution in [1.82, 2.24) is 5.32 Å². The van der Waals surface area contributed by atoms with Crippen molar-refractivity contribution >= 4 is 30.5 Å². The smallest absolute Gasteiger partial charge is 0.330 e. The molecule has 2 N–H and O–H groups in total. The Labute approximate surface area is 130 Å². The van der Waals surface area contributed by atoms with Crippen LogP contribution in [-0.4, -0.2) is 40.9 Å². The Morgan fingerprint density at radius 2 is 2.00 bits per heavy atom. The zero-order chi connectivity index (χ0) is 16.3. The molecule has 21 heavy (non-hydrogen) atoms. The van der Waals surface area contributed by atoms with Crippen molar-refractivity contribution in [3.63, 3.8) is 0 Å². The normalized spacial score (nSPS) is 13.7. The average Bonchev–Trinajstić information content (AvgIpc) is 2.41. The van der Waals surface area contributed by atoms with Gasteiger partial charge in [-0.2, -0.15) is 12.6 Å². The zero-order valence-electron chi connectivity index (χ0n) is 12.4. The van der Waals surface area contributed by atoms with Gasteiger partial charge in [-0.1, -0.05) is 19.8 Å². The van der Waals surface area contributed by atoms with Crippen molar-refractivity contribution in [3.05, 3.63) is 12.2 Å². The summed E-state index contributed by atoms with van der Waals surface area (Å²) in [6.07, 6.45) is 5.03. The predicted octanol–water partition coefficient (Wildman–Crippen LogP) is 1.55. The highest BCUT2D eigenvalue weighted by Crippen LogP contribution is 2.10. The summed E-state index contributed by atoms with van der Waals surface area (Å²) < 4.78 is 5.25. The molecule has 0 radical (unpaired) electrons. The third-order valence-electron chi connectivity index (χ3n) is 2.66. The highest BCUT2D eigenvalue weighted by molar-refractivity contribution is 7.80. The number of aliphatic carboxylic acids is 1. The monoisotopic (exact) mass is 317 g/mol. The molecule has 0 aromatic rings. The van der Waals surface area contributed by atoms with E-state index in [0.717, 1.165) is 25.3 Å². The van der Waals surface area contributed by atoms with Gasteiger partial charge >= 0.3 is 11.9 Å². The third kappa shape index (κ3) is 9.95. The van der Waals surface area contributed by atoms with E-state index in [4.69, 9.17) is 9.84 Å². The molecule has 0 saturated carbocycles. The summed E-state index contributed by atoms with van der Waals surface area (Å²) in [6.45, 7) is 3.34. The van der Waals surface area contributed by atoms with Gasteiger partial charge in [0.2, 0.25) is 5.91 Å². The number of hydrogen-bond donors (Lipinski definition) is 3. The minimum absolute atomic E-state index is 0.114. The van der Waals surface area contributed by atoms with E-state index in [1.54, 1.807) is 0 Å². The molecule has 0 rings (SSSR count). The van der Waals surface area contributed by atoms with Crippen LogP contribution in [0, 0.1) is 0 Å². The number of carboxylic acid groups (broad SMARTS) is 1. The maximum absolute atomic E-state index is 11.9. The predicted molar refractivity (Wildman–Crippen MR) is 82.3 cm³/mol. The van der Waals surface area contributed by atoms with Gasteiger partial charge in [-0.05, 0) is 18.9 Å². The fraction of sp³-hybridized carbons (Fsp3) is 0.643. The largest absolute Gasteiger partial charge is 0.478 e. The topological polar surface area (TPSA) is 92.7 Å². The lowest BCUT2D eigenvalue weighted by Gasteiger charge is -2.19. The first-order valence-electron chi connectivity index (χ1n) is 6.90. The first kappa shape index (κ1) is 19.5. The number of hydrogen-bond acceptors (Lipinski definition) is 5. The van der Waals surface area contributed by atoms with E-state index in [2.05, 4.69) is 17.9 Å². The fourth-order valence-electron chi connectivity index (χ4n) is 1.64. The molecule has 7 heteroatoms. The maximum Gasteiger partial charge on any atom is 0.330 e. The minimum atomic E-state index is -1.10. The molecular formula is C14H23NO5S. The molecular weight excluding hydrogens is 294 g/mol. The van der Waals surface area contributed by atoms with Gasteiger partial charge < -0.3 is 15.2 Å². The van der Waals surface area contributed by atoms with Crippen LogP contribution in [0.15, 0.2) is 12.2 Å². The van der Waals surface area contributed by atoms with Crippen molar-refractivity contribution in [3.8, 4) is 0 Å². The highest BCUT2D eigenvalue weighted by Gasteiger charge is 2.22. The Hall–Kier alpha value is -1.50. The van der Waals surface area contributed by atoms with Gasteiger partial charge in [-0.3, -0.25) is 4.79 Å². The first-order chi connectivity index (χ1) is 9.90. The number of carboxylic acids is 1. The molecule has 0 aliphatic carbocycles. The number of esters is 1. The third-order valence-corrected chi connectivity index (χ3v) is 3.02. The van der Waals surface area contributed by atoms with Crippen LogP contribution in [0.3, 0.4) is 0 Å². The van der Waals surface area contributed by atoms with Crippen molar-refractivity contribution in [2.75, 3.05) is 5.75 Å². The summed E-state index contributed by atoms with van der Waals surface area (Å²) in [4.78, 5) is 33.5. The van der Waals surface area contributed by atoms with Gasteiger partial charge in [-0.25, -0.2) is 9.59 Å². The SMILES string of the molecule is CCCCCC(C=CC(=O)O)OC(=O)[C@H](CS)NC(C)=O. The molecule has 0 fully saturated rings. The average molecular weight is 317 g/mol. The standard InChI is InChI=1S/C14H23NO5S/c1-3-4-5-6-11(7-8-13(17)18)20-14(19)12(9-21)15-10(2)16/h7-8,11-12,21H,3-6,9H2,1-2H3,(H,15,16)(H,17,18)/t11?,12-/m0/s1. The molecule has 0 aromatic heterocycles. The summed E-state index contributed by atoms with van der Waals surface area (Å²) in [6, 6.07) is -0.835.